The van der Waals surface area contributed by atoms with E-state index in [4.69, 9.17) is 10.5 Å². The second-order valence-electron chi connectivity index (χ2n) is 5.49. The molecule has 1 amide bonds. The molecule has 102 valence electrons. The van der Waals surface area contributed by atoms with E-state index < -0.39 is 5.60 Å². The van der Waals surface area contributed by atoms with Crippen LogP contribution in [0, 0.1) is 5.92 Å². The third-order valence-electron chi connectivity index (χ3n) is 2.84. The third kappa shape index (κ3) is 6.13. The zero-order chi connectivity index (χ0) is 12.2. The van der Waals surface area contributed by atoms with E-state index in [0.29, 0.717) is 5.92 Å². The maximum atomic E-state index is 11.8. The van der Waals surface area contributed by atoms with Crippen molar-refractivity contribution in [2.24, 2.45) is 11.7 Å². The first kappa shape index (κ1) is 16.5. The topological polar surface area (TPSA) is 55.6 Å². The largest absolute Gasteiger partial charge is 0.444 e. The molecule has 1 heterocycles. The first-order chi connectivity index (χ1) is 7.42. The van der Waals surface area contributed by atoms with Crippen molar-refractivity contribution in [3.63, 3.8) is 0 Å². The van der Waals surface area contributed by atoms with Crippen LogP contribution in [-0.4, -0.2) is 36.2 Å². The summed E-state index contributed by atoms with van der Waals surface area (Å²) in [5.74, 6) is 0.684. The van der Waals surface area contributed by atoms with Crippen LogP contribution >= 0.6 is 12.4 Å². The van der Waals surface area contributed by atoms with Crippen molar-refractivity contribution >= 4 is 18.5 Å². The van der Waals surface area contributed by atoms with Crippen molar-refractivity contribution in [2.45, 2.75) is 45.6 Å². The van der Waals surface area contributed by atoms with Crippen molar-refractivity contribution in [2.75, 3.05) is 19.6 Å². The summed E-state index contributed by atoms with van der Waals surface area (Å²) < 4.78 is 5.33. The lowest BCUT2D eigenvalue weighted by molar-refractivity contribution is 0.0182. The lowest BCUT2D eigenvalue weighted by Gasteiger charge is -2.33. The Morgan fingerprint density at radius 2 is 1.88 bits per heavy atom. The van der Waals surface area contributed by atoms with Gasteiger partial charge in [-0.3, -0.25) is 0 Å². The molecular formula is C12H25ClN2O2. The van der Waals surface area contributed by atoms with Gasteiger partial charge in [0.1, 0.15) is 5.60 Å². The Hall–Kier alpha value is -0.480. The predicted molar refractivity (Wildman–Crippen MR) is 71.5 cm³/mol. The molecule has 1 saturated heterocycles. The van der Waals surface area contributed by atoms with Crippen LogP contribution in [0.3, 0.4) is 0 Å². The summed E-state index contributed by atoms with van der Waals surface area (Å²) in [5.41, 5.74) is 5.13. The molecule has 0 aromatic rings. The highest BCUT2D eigenvalue weighted by molar-refractivity contribution is 5.85. The van der Waals surface area contributed by atoms with E-state index in [1.165, 1.54) is 0 Å². The van der Waals surface area contributed by atoms with Gasteiger partial charge in [0.2, 0.25) is 0 Å². The maximum absolute atomic E-state index is 11.8. The van der Waals surface area contributed by atoms with Gasteiger partial charge in [-0.2, -0.15) is 0 Å². The van der Waals surface area contributed by atoms with E-state index in [9.17, 15) is 4.79 Å². The van der Waals surface area contributed by atoms with Crippen LogP contribution in [0.4, 0.5) is 4.79 Å². The lowest BCUT2D eigenvalue weighted by atomic mass is 9.94. The number of nitrogens with zero attached hydrogens (tertiary/aromatic N) is 1. The Balaban J connectivity index is 0.00000256. The molecule has 1 fully saturated rings. The average Bonchev–Trinajstić information content (AvgIpc) is 2.16. The molecule has 1 aliphatic heterocycles. The monoisotopic (exact) mass is 264 g/mol. The van der Waals surface area contributed by atoms with Gasteiger partial charge in [0, 0.05) is 13.1 Å². The molecule has 0 atom stereocenters. The van der Waals surface area contributed by atoms with Gasteiger partial charge in [-0.1, -0.05) is 0 Å². The van der Waals surface area contributed by atoms with Gasteiger partial charge < -0.3 is 15.4 Å². The summed E-state index contributed by atoms with van der Waals surface area (Å²) >= 11 is 0. The summed E-state index contributed by atoms with van der Waals surface area (Å²) in [6.07, 6.45) is 2.99. The summed E-state index contributed by atoms with van der Waals surface area (Å²) in [7, 11) is 0. The lowest BCUT2D eigenvalue weighted by Crippen LogP contribution is -2.41. The van der Waals surface area contributed by atoms with Crippen molar-refractivity contribution in [1.82, 2.24) is 4.90 Å². The van der Waals surface area contributed by atoms with Gasteiger partial charge in [0.15, 0.2) is 0 Å². The van der Waals surface area contributed by atoms with Gasteiger partial charge in [-0.15, -0.1) is 12.4 Å². The summed E-state index contributed by atoms with van der Waals surface area (Å²) in [6.45, 7) is 8.04. The number of rotatable bonds is 2. The number of carbonyl (C=O) groups is 1. The third-order valence-corrected chi connectivity index (χ3v) is 2.84. The van der Waals surface area contributed by atoms with E-state index in [0.717, 1.165) is 38.9 Å². The summed E-state index contributed by atoms with van der Waals surface area (Å²) in [6, 6.07) is 0. The van der Waals surface area contributed by atoms with E-state index in [1.54, 1.807) is 4.90 Å². The molecule has 17 heavy (non-hydrogen) atoms. The number of hydrogen-bond acceptors (Lipinski definition) is 3. The highest BCUT2D eigenvalue weighted by Crippen LogP contribution is 2.21. The average molecular weight is 265 g/mol. The Morgan fingerprint density at radius 3 is 2.29 bits per heavy atom. The molecule has 0 saturated carbocycles. The smallest absolute Gasteiger partial charge is 0.410 e. The van der Waals surface area contributed by atoms with Crippen LogP contribution in [0.1, 0.15) is 40.0 Å². The second-order valence-corrected chi connectivity index (χ2v) is 5.49. The molecule has 0 aliphatic carbocycles. The molecule has 4 nitrogen and oxygen atoms in total. The fourth-order valence-corrected chi connectivity index (χ4v) is 1.97. The molecule has 2 N–H and O–H groups in total. The van der Waals surface area contributed by atoms with Crippen LogP contribution in [0.2, 0.25) is 0 Å². The van der Waals surface area contributed by atoms with Gasteiger partial charge in [-0.25, -0.2) is 4.79 Å². The highest BCUT2D eigenvalue weighted by atomic mass is 35.5. The van der Waals surface area contributed by atoms with Crippen LogP contribution < -0.4 is 5.73 Å². The van der Waals surface area contributed by atoms with Crippen molar-refractivity contribution in [3.8, 4) is 0 Å². The minimum atomic E-state index is -0.398. The highest BCUT2D eigenvalue weighted by Gasteiger charge is 2.26. The van der Waals surface area contributed by atoms with Crippen molar-refractivity contribution in [1.29, 1.82) is 0 Å². The van der Waals surface area contributed by atoms with Crippen molar-refractivity contribution in [3.05, 3.63) is 0 Å². The Labute approximate surface area is 110 Å². The molecule has 0 spiro atoms. The molecule has 0 aromatic heterocycles. The first-order valence-electron chi connectivity index (χ1n) is 6.10. The Bertz CT molecular complexity index is 233. The standard InChI is InChI=1S/C12H24N2O2.ClH/c1-12(2,3)16-11(15)14-8-5-10(4-7-13)6-9-14;/h10H,4-9,13H2,1-3H3;1H. The quantitative estimate of drug-likeness (QED) is 0.833. The molecular weight excluding hydrogens is 240 g/mol. The Morgan fingerprint density at radius 1 is 1.35 bits per heavy atom. The number of carbonyl (C=O) groups excluding carboxylic acids is 1. The van der Waals surface area contributed by atoms with Crippen LogP contribution in [0.5, 0.6) is 0 Å². The van der Waals surface area contributed by atoms with E-state index >= 15 is 0 Å². The van der Waals surface area contributed by atoms with Gasteiger partial charge in [0.05, 0.1) is 0 Å². The fourth-order valence-electron chi connectivity index (χ4n) is 1.97. The maximum Gasteiger partial charge on any atom is 0.410 e. The number of nitrogens with two attached hydrogens (primary N) is 1. The van der Waals surface area contributed by atoms with E-state index in [1.807, 2.05) is 20.8 Å². The molecule has 0 aromatic carbocycles. The number of likely N-dealkylation sites (tertiary alicyclic amines) is 1. The fraction of sp³-hybridized carbons (Fsp3) is 0.917. The minimum absolute atomic E-state index is 0. The zero-order valence-electron chi connectivity index (χ0n) is 11.1. The number of halogens is 1. The summed E-state index contributed by atoms with van der Waals surface area (Å²) in [4.78, 5) is 13.6. The normalized spacial score (nSPS) is 17.5. The van der Waals surface area contributed by atoms with Crippen molar-refractivity contribution < 1.29 is 9.53 Å². The number of piperidine rings is 1. The molecule has 0 radical (unpaired) electrons. The minimum Gasteiger partial charge on any atom is -0.444 e. The van der Waals surface area contributed by atoms with E-state index in [-0.39, 0.29) is 18.5 Å². The van der Waals surface area contributed by atoms with Gasteiger partial charge in [0.25, 0.3) is 0 Å². The SMILES string of the molecule is CC(C)(C)OC(=O)N1CCC(CCN)CC1.Cl. The molecule has 0 unspecified atom stereocenters. The first-order valence-corrected chi connectivity index (χ1v) is 6.10. The number of hydrogen-bond donors (Lipinski definition) is 1. The second kappa shape index (κ2) is 7.07. The van der Waals surface area contributed by atoms with Gasteiger partial charge >= 0.3 is 6.09 Å². The van der Waals surface area contributed by atoms with Gasteiger partial charge in [-0.05, 0) is 52.5 Å². The predicted octanol–water partition coefficient (Wildman–Crippen LogP) is 2.40. The molecule has 5 heteroatoms. The molecule has 1 aliphatic rings. The van der Waals surface area contributed by atoms with E-state index in [2.05, 4.69) is 0 Å². The number of ether oxygens (including phenoxy) is 1. The molecule has 1 rings (SSSR count). The van der Waals surface area contributed by atoms with Crippen LogP contribution in [0.15, 0.2) is 0 Å². The zero-order valence-corrected chi connectivity index (χ0v) is 11.9. The molecule has 0 bridgehead atoms. The van der Waals surface area contributed by atoms with Crippen LogP contribution in [-0.2, 0) is 4.74 Å². The summed E-state index contributed by atoms with van der Waals surface area (Å²) in [5, 5.41) is 0. The van der Waals surface area contributed by atoms with Crippen LogP contribution in [0.25, 0.3) is 0 Å². The number of amides is 1. The Kier molecular flexibility index (Phi) is 6.87.